The number of hydrogen-bond donors (Lipinski definition) is 2. The van der Waals surface area contributed by atoms with Gasteiger partial charge in [0.05, 0.1) is 20.5 Å². The van der Waals surface area contributed by atoms with Crippen LogP contribution in [0.2, 0.25) is 10.0 Å². The molecule has 0 aliphatic carbocycles. The summed E-state index contributed by atoms with van der Waals surface area (Å²) in [4.78, 5) is 12.0. The fourth-order valence-electron chi connectivity index (χ4n) is 2.76. The van der Waals surface area contributed by atoms with E-state index in [2.05, 4.69) is 10.0 Å². The number of anilines is 2. The summed E-state index contributed by atoms with van der Waals surface area (Å²) in [6.07, 6.45) is -4.68. The van der Waals surface area contributed by atoms with E-state index < -0.39 is 39.3 Å². The molecule has 0 aromatic heterocycles. The molecule has 180 valence electrons. The smallest absolute Gasteiger partial charge is 0.417 e. The third-order valence-corrected chi connectivity index (χ3v) is 6.44. The molecular weight excluding hydrogens is 516 g/mol. The molecule has 0 saturated heterocycles. The van der Waals surface area contributed by atoms with Crippen molar-refractivity contribution < 1.29 is 31.1 Å². The minimum absolute atomic E-state index is 0.0122. The van der Waals surface area contributed by atoms with E-state index in [0.717, 1.165) is 17.7 Å². The lowest BCUT2D eigenvalue weighted by Gasteiger charge is -2.13. The lowest BCUT2D eigenvalue weighted by Crippen LogP contribution is -2.20. The first-order valence-corrected chi connectivity index (χ1v) is 11.8. The molecule has 3 aromatic carbocycles. The lowest BCUT2D eigenvalue weighted by atomic mass is 10.2. The second-order valence-corrected chi connectivity index (χ2v) is 9.59. The van der Waals surface area contributed by atoms with Crippen molar-refractivity contribution in [3.8, 4) is 5.75 Å². The highest BCUT2D eigenvalue weighted by Crippen LogP contribution is 2.36. The first-order chi connectivity index (χ1) is 15.8. The van der Waals surface area contributed by atoms with Gasteiger partial charge in [-0.05, 0) is 55.5 Å². The van der Waals surface area contributed by atoms with Gasteiger partial charge < -0.3 is 10.1 Å². The summed E-state index contributed by atoms with van der Waals surface area (Å²) >= 11 is 11.7. The predicted octanol–water partition coefficient (Wildman–Crippen LogP) is 6.14. The minimum atomic E-state index is -4.68. The molecule has 0 unspecified atom stereocenters. The number of benzene rings is 3. The van der Waals surface area contributed by atoms with Crippen LogP contribution >= 0.6 is 23.2 Å². The van der Waals surface area contributed by atoms with Gasteiger partial charge >= 0.3 is 6.18 Å². The Morgan fingerprint density at radius 1 is 0.941 bits per heavy atom. The summed E-state index contributed by atoms with van der Waals surface area (Å²) in [6.45, 7) is 1.28. The van der Waals surface area contributed by atoms with Crippen LogP contribution in [-0.2, 0) is 21.0 Å². The van der Waals surface area contributed by atoms with Crippen molar-refractivity contribution in [1.82, 2.24) is 0 Å². The molecule has 0 saturated carbocycles. The molecule has 6 nitrogen and oxygen atoms in total. The van der Waals surface area contributed by atoms with Crippen LogP contribution in [0.5, 0.6) is 5.75 Å². The zero-order chi connectivity index (χ0) is 25.1. The van der Waals surface area contributed by atoms with Gasteiger partial charge in [-0.3, -0.25) is 9.52 Å². The average Bonchev–Trinajstić information content (AvgIpc) is 2.75. The molecule has 0 aliphatic heterocycles. The van der Waals surface area contributed by atoms with Gasteiger partial charge in [0.25, 0.3) is 15.9 Å². The number of halogens is 5. The Hall–Kier alpha value is -2.95. The van der Waals surface area contributed by atoms with Crippen LogP contribution in [0.25, 0.3) is 0 Å². The number of ether oxygens (including phenoxy) is 1. The summed E-state index contributed by atoms with van der Waals surface area (Å²) in [5.74, 6) is -0.748. The largest absolute Gasteiger partial charge is 0.482 e. The van der Waals surface area contributed by atoms with E-state index in [9.17, 15) is 26.4 Å². The van der Waals surface area contributed by atoms with Gasteiger partial charge in [0.15, 0.2) is 6.61 Å². The molecule has 0 bridgehead atoms. The zero-order valence-corrected chi connectivity index (χ0v) is 19.7. The maximum atomic E-state index is 13.0. The van der Waals surface area contributed by atoms with E-state index >= 15 is 0 Å². The highest BCUT2D eigenvalue weighted by Gasteiger charge is 2.33. The zero-order valence-electron chi connectivity index (χ0n) is 17.4. The number of carbonyl (C=O) groups excluding carboxylic acids is 1. The van der Waals surface area contributed by atoms with Crippen molar-refractivity contribution in [2.45, 2.75) is 18.0 Å². The van der Waals surface area contributed by atoms with E-state index in [-0.39, 0.29) is 21.4 Å². The molecule has 3 aromatic rings. The Labute approximate surface area is 203 Å². The van der Waals surface area contributed by atoms with Gasteiger partial charge in [-0.1, -0.05) is 40.9 Å². The highest BCUT2D eigenvalue weighted by molar-refractivity contribution is 7.92. The number of amides is 1. The third kappa shape index (κ3) is 6.55. The van der Waals surface area contributed by atoms with Crippen LogP contribution in [-0.4, -0.2) is 20.9 Å². The summed E-state index contributed by atoms with van der Waals surface area (Å²) in [6, 6.07) is 13.3. The molecule has 3 rings (SSSR count). The van der Waals surface area contributed by atoms with Gasteiger partial charge in [-0.15, -0.1) is 0 Å². The standard InChI is InChI=1S/C22H17Cl2F3N2O4S/c1-13-2-4-14(5-3-13)29-34(31,32)16-7-9-20(19(24)11-16)33-12-21(30)28-15-6-8-18(23)17(10-15)22(25,26)27/h2-11,29H,12H2,1H3,(H,28,30). The van der Waals surface area contributed by atoms with Crippen molar-refractivity contribution >= 4 is 50.5 Å². The van der Waals surface area contributed by atoms with Crippen LogP contribution in [0.3, 0.4) is 0 Å². The van der Waals surface area contributed by atoms with Crippen molar-refractivity contribution in [2.24, 2.45) is 0 Å². The molecular formula is C22H17Cl2F3N2O4S. The summed E-state index contributed by atoms with van der Waals surface area (Å²) < 4.78 is 71.7. The maximum absolute atomic E-state index is 13.0. The fourth-order valence-corrected chi connectivity index (χ4v) is 4.37. The number of aryl methyl sites for hydroxylation is 1. The second kappa shape index (κ2) is 10.1. The van der Waals surface area contributed by atoms with E-state index in [0.29, 0.717) is 11.8 Å². The molecule has 0 heterocycles. The Bertz CT molecular complexity index is 1310. The predicted molar refractivity (Wildman–Crippen MR) is 124 cm³/mol. The van der Waals surface area contributed by atoms with Crippen molar-refractivity contribution in [3.63, 3.8) is 0 Å². The minimum Gasteiger partial charge on any atom is -0.482 e. The molecule has 2 N–H and O–H groups in total. The number of rotatable bonds is 7. The Balaban J connectivity index is 1.65. The van der Waals surface area contributed by atoms with Crippen LogP contribution < -0.4 is 14.8 Å². The first-order valence-electron chi connectivity index (χ1n) is 9.53. The van der Waals surface area contributed by atoms with Crippen LogP contribution in [0.1, 0.15) is 11.1 Å². The molecule has 34 heavy (non-hydrogen) atoms. The summed E-state index contributed by atoms with van der Waals surface area (Å²) in [7, 11) is -3.93. The molecule has 12 heteroatoms. The molecule has 1 amide bonds. The molecule has 0 radical (unpaired) electrons. The maximum Gasteiger partial charge on any atom is 0.417 e. The number of nitrogens with one attached hydrogen (secondary N) is 2. The van der Waals surface area contributed by atoms with Gasteiger partial charge in [0.2, 0.25) is 0 Å². The Morgan fingerprint density at radius 3 is 2.21 bits per heavy atom. The van der Waals surface area contributed by atoms with E-state index in [1.165, 1.54) is 18.2 Å². The molecule has 0 atom stereocenters. The SMILES string of the molecule is Cc1ccc(NS(=O)(=O)c2ccc(OCC(=O)Nc3ccc(Cl)c(C(F)(F)F)c3)c(Cl)c2)cc1. The van der Waals surface area contributed by atoms with Crippen LogP contribution in [0.15, 0.2) is 65.6 Å². The molecule has 0 spiro atoms. The number of alkyl halides is 3. The van der Waals surface area contributed by atoms with Gasteiger partial charge in [-0.25, -0.2) is 8.42 Å². The van der Waals surface area contributed by atoms with Crippen LogP contribution in [0, 0.1) is 6.92 Å². The number of carbonyl (C=O) groups is 1. The second-order valence-electron chi connectivity index (χ2n) is 7.09. The quantitative estimate of drug-likeness (QED) is 0.382. The highest BCUT2D eigenvalue weighted by atomic mass is 35.5. The van der Waals surface area contributed by atoms with Crippen molar-refractivity contribution in [3.05, 3.63) is 81.8 Å². The topological polar surface area (TPSA) is 84.5 Å². The lowest BCUT2D eigenvalue weighted by molar-refractivity contribution is -0.137. The first kappa shape index (κ1) is 25.7. The fraction of sp³-hybridized carbons (Fsp3) is 0.136. The average molecular weight is 533 g/mol. The normalized spacial score (nSPS) is 11.7. The molecule has 0 aliphatic rings. The number of sulfonamides is 1. The van der Waals surface area contributed by atoms with E-state index in [1.54, 1.807) is 24.3 Å². The number of hydrogen-bond acceptors (Lipinski definition) is 4. The van der Waals surface area contributed by atoms with E-state index in [1.807, 2.05) is 6.92 Å². The van der Waals surface area contributed by atoms with E-state index in [4.69, 9.17) is 27.9 Å². The van der Waals surface area contributed by atoms with Crippen molar-refractivity contribution in [1.29, 1.82) is 0 Å². The van der Waals surface area contributed by atoms with Gasteiger partial charge in [0.1, 0.15) is 5.75 Å². The molecule has 0 fully saturated rings. The van der Waals surface area contributed by atoms with Gasteiger partial charge in [0, 0.05) is 11.4 Å². The monoisotopic (exact) mass is 532 g/mol. The summed E-state index contributed by atoms with van der Waals surface area (Å²) in [5, 5.41) is 1.69. The van der Waals surface area contributed by atoms with Gasteiger partial charge in [-0.2, -0.15) is 13.2 Å². The third-order valence-electron chi connectivity index (χ3n) is 4.43. The Kier molecular flexibility index (Phi) is 7.64. The van der Waals surface area contributed by atoms with Crippen LogP contribution in [0.4, 0.5) is 24.5 Å². The Morgan fingerprint density at radius 2 is 1.59 bits per heavy atom. The summed E-state index contributed by atoms with van der Waals surface area (Å²) in [5.41, 5.74) is 0.120. The van der Waals surface area contributed by atoms with Crippen molar-refractivity contribution in [2.75, 3.05) is 16.6 Å².